The molecule has 0 aliphatic heterocycles. The van der Waals surface area contributed by atoms with Gasteiger partial charge in [0.05, 0.1) is 0 Å². The van der Waals surface area contributed by atoms with Gasteiger partial charge in [0.2, 0.25) is 0 Å². The van der Waals surface area contributed by atoms with E-state index < -0.39 is 6.10 Å². The molecule has 1 unspecified atom stereocenters. The molecule has 6 nitrogen and oxygen atoms in total. The maximum atomic E-state index is 12.9. The van der Waals surface area contributed by atoms with Crippen molar-refractivity contribution in [3.05, 3.63) is 36.5 Å². The lowest BCUT2D eigenvalue weighted by Crippen LogP contribution is -2.30. The van der Waals surface area contributed by atoms with Gasteiger partial charge in [0, 0.05) is 19.3 Å². The summed E-state index contributed by atoms with van der Waals surface area (Å²) in [5.41, 5.74) is 0. The van der Waals surface area contributed by atoms with Gasteiger partial charge in [-0.3, -0.25) is 14.4 Å². The molecule has 0 saturated heterocycles. The molecule has 6 heteroatoms. The summed E-state index contributed by atoms with van der Waals surface area (Å²) in [5, 5.41) is 0. The number of hydrogen-bond donors (Lipinski definition) is 0. The summed E-state index contributed by atoms with van der Waals surface area (Å²) in [7, 11) is 0. The molecule has 0 bridgehead atoms. The molecule has 0 aromatic rings. The molecule has 0 aliphatic rings. The molecule has 0 spiro atoms. The number of rotatable bonds is 62. The minimum atomic E-state index is -0.777. The summed E-state index contributed by atoms with van der Waals surface area (Å²) in [6, 6.07) is 0. The third kappa shape index (κ3) is 62.4. The zero-order chi connectivity index (χ0) is 54.3. The quantitative estimate of drug-likeness (QED) is 0.0261. The topological polar surface area (TPSA) is 78.9 Å². The van der Waals surface area contributed by atoms with Crippen molar-refractivity contribution in [1.82, 2.24) is 0 Å². The van der Waals surface area contributed by atoms with Crippen molar-refractivity contribution in [2.75, 3.05) is 13.2 Å². The van der Waals surface area contributed by atoms with Gasteiger partial charge >= 0.3 is 17.9 Å². The lowest BCUT2D eigenvalue weighted by atomic mass is 10.0. The molecule has 0 rings (SSSR count). The SMILES string of the molecule is CCC/C=C\C/C=C\CCCCCCCC(=O)OCC(COC(=O)CCCCCCCCCCCCCCCCCCCCCCCCC)OC(=O)CCCCCCCCCCC/C=C\CCCCCCCCCC. The maximum absolute atomic E-state index is 12.9. The molecular formula is C69H128O6. The highest BCUT2D eigenvalue weighted by atomic mass is 16.6. The maximum Gasteiger partial charge on any atom is 0.306 e. The van der Waals surface area contributed by atoms with Gasteiger partial charge in [-0.15, -0.1) is 0 Å². The van der Waals surface area contributed by atoms with Crippen molar-refractivity contribution in [2.45, 2.75) is 374 Å². The van der Waals surface area contributed by atoms with Gasteiger partial charge in [0.25, 0.3) is 0 Å². The second-order valence-electron chi connectivity index (χ2n) is 22.7. The first kappa shape index (κ1) is 72.6. The molecule has 1 atom stereocenters. The van der Waals surface area contributed by atoms with Gasteiger partial charge in [-0.2, -0.15) is 0 Å². The molecule has 0 amide bonds. The van der Waals surface area contributed by atoms with Crippen LogP contribution in [0.15, 0.2) is 36.5 Å². The van der Waals surface area contributed by atoms with E-state index in [4.69, 9.17) is 14.2 Å². The van der Waals surface area contributed by atoms with Gasteiger partial charge in [0.15, 0.2) is 6.10 Å². The zero-order valence-electron chi connectivity index (χ0n) is 50.6. The second kappa shape index (κ2) is 64.2. The third-order valence-corrected chi connectivity index (χ3v) is 15.1. The van der Waals surface area contributed by atoms with E-state index in [1.54, 1.807) is 0 Å². The smallest absolute Gasteiger partial charge is 0.306 e. The van der Waals surface area contributed by atoms with E-state index in [2.05, 4.69) is 57.2 Å². The monoisotopic (exact) mass is 1050 g/mol. The van der Waals surface area contributed by atoms with Crippen molar-refractivity contribution in [3.8, 4) is 0 Å². The van der Waals surface area contributed by atoms with Crippen molar-refractivity contribution >= 4 is 17.9 Å². The molecule has 0 N–H and O–H groups in total. The lowest BCUT2D eigenvalue weighted by Gasteiger charge is -2.18. The molecule has 0 aliphatic carbocycles. The predicted molar refractivity (Wildman–Crippen MR) is 326 cm³/mol. The Balaban J connectivity index is 4.26. The van der Waals surface area contributed by atoms with Crippen molar-refractivity contribution in [3.63, 3.8) is 0 Å². The number of unbranched alkanes of at least 4 members (excludes halogenated alkanes) is 45. The number of esters is 3. The van der Waals surface area contributed by atoms with E-state index in [1.165, 1.54) is 244 Å². The van der Waals surface area contributed by atoms with Crippen LogP contribution in [-0.2, 0) is 28.6 Å². The van der Waals surface area contributed by atoms with Crippen LogP contribution in [0.5, 0.6) is 0 Å². The normalized spacial score (nSPS) is 12.2. The molecule has 0 aromatic heterocycles. The number of allylic oxidation sites excluding steroid dienone is 6. The standard InChI is InChI=1S/C69H128O6/c1-4-7-10-13-16-19-22-25-27-29-31-33-34-36-37-39-41-44-47-50-53-56-59-62-68(71)74-65-66(64-73-67(70)61-58-55-52-49-46-43-24-21-18-15-12-9-6-3)75-69(72)63-60-57-54-51-48-45-42-40-38-35-32-30-28-26-23-20-17-14-11-8-5-2/h12,15,21,24,30,32,66H,4-11,13-14,16-20,22-23,25-29,31,33-65H2,1-3H3/b15-12-,24-21-,32-30-. The number of hydrogen-bond acceptors (Lipinski definition) is 6. The largest absolute Gasteiger partial charge is 0.462 e. The third-order valence-electron chi connectivity index (χ3n) is 15.1. The van der Waals surface area contributed by atoms with Crippen molar-refractivity contribution < 1.29 is 28.6 Å². The van der Waals surface area contributed by atoms with E-state index in [9.17, 15) is 14.4 Å². The number of carbonyl (C=O) groups is 3. The van der Waals surface area contributed by atoms with Gasteiger partial charge < -0.3 is 14.2 Å². The molecule has 0 radical (unpaired) electrons. The number of carbonyl (C=O) groups excluding carboxylic acids is 3. The Morgan fingerprint density at radius 1 is 0.267 bits per heavy atom. The molecule has 0 saturated carbocycles. The minimum absolute atomic E-state index is 0.0731. The Bertz CT molecular complexity index is 1250. The van der Waals surface area contributed by atoms with E-state index in [1.807, 2.05) is 0 Å². The Morgan fingerprint density at radius 2 is 0.507 bits per heavy atom. The molecule has 0 aromatic carbocycles. The highest BCUT2D eigenvalue weighted by Gasteiger charge is 2.19. The van der Waals surface area contributed by atoms with Crippen LogP contribution in [0.25, 0.3) is 0 Å². The van der Waals surface area contributed by atoms with Gasteiger partial charge in [-0.25, -0.2) is 0 Å². The van der Waals surface area contributed by atoms with Crippen LogP contribution in [0.4, 0.5) is 0 Å². The van der Waals surface area contributed by atoms with Crippen LogP contribution in [0.1, 0.15) is 367 Å². The zero-order valence-corrected chi connectivity index (χ0v) is 50.6. The molecule has 0 fully saturated rings. The van der Waals surface area contributed by atoms with Gasteiger partial charge in [-0.05, 0) is 70.6 Å². The average molecular weight is 1050 g/mol. The second-order valence-corrected chi connectivity index (χ2v) is 22.7. The molecule has 440 valence electrons. The van der Waals surface area contributed by atoms with Crippen LogP contribution in [0.3, 0.4) is 0 Å². The Morgan fingerprint density at radius 3 is 0.800 bits per heavy atom. The van der Waals surface area contributed by atoms with E-state index in [-0.39, 0.29) is 31.1 Å². The first-order valence-corrected chi connectivity index (χ1v) is 33.5. The first-order valence-electron chi connectivity index (χ1n) is 33.5. The molecular weight excluding hydrogens is 925 g/mol. The Kier molecular flexibility index (Phi) is 62.1. The average Bonchev–Trinajstić information content (AvgIpc) is 3.41. The van der Waals surface area contributed by atoms with Crippen molar-refractivity contribution in [1.29, 1.82) is 0 Å². The van der Waals surface area contributed by atoms with Crippen LogP contribution in [-0.4, -0.2) is 37.2 Å². The number of ether oxygens (including phenoxy) is 3. The van der Waals surface area contributed by atoms with Gasteiger partial charge in [-0.1, -0.05) is 314 Å². The predicted octanol–water partition coefficient (Wildman–Crippen LogP) is 22.8. The van der Waals surface area contributed by atoms with E-state index in [0.29, 0.717) is 19.3 Å². The highest BCUT2D eigenvalue weighted by molar-refractivity contribution is 5.71. The van der Waals surface area contributed by atoms with Crippen molar-refractivity contribution in [2.24, 2.45) is 0 Å². The first-order chi connectivity index (χ1) is 37.0. The molecule has 75 heavy (non-hydrogen) atoms. The van der Waals surface area contributed by atoms with Crippen LogP contribution in [0, 0.1) is 0 Å². The fourth-order valence-electron chi connectivity index (χ4n) is 10.1. The minimum Gasteiger partial charge on any atom is -0.462 e. The highest BCUT2D eigenvalue weighted by Crippen LogP contribution is 2.18. The summed E-state index contributed by atoms with van der Waals surface area (Å²) in [4.78, 5) is 38.3. The Hall–Kier alpha value is -2.37. The lowest BCUT2D eigenvalue weighted by molar-refractivity contribution is -0.167. The van der Waals surface area contributed by atoms with Crippen LogP contribution < -0.4 is 0 Å². The fourth-order valence-corrected chi connectivity index (χ4v) is 10.1. The fraction of sp³-hybridized carbons (Fsp3) is 0.870. The van der Waals surface area contributed by atoms with Crippen LogP contribution >= 0.6 is 0 Å². The van der Waals surface area contributed by atoms with E-state index >= 15 is 0 Å². The summed E-state index contributed by atoms with van der Waals surface area (Å²) < 4.78 is 16.9. The van der Waals surface area contributed by atoms with Crippen LogP contribution in [0.2, 0.25) is 0 Å². The van der Waals surface area contributed by atoms with E-state index in [0.717, 1.165) is 83.5 Å². The Labute approximate surface area is 467 Å². The molecule has 0 heterocycles. The summed E-state index contributed by atoms with van der Waals surface area (Å²) in [6.45, 7) is 6.63. The summed E-state index contributed by atoms with van der Waals surface area (Å²) in [5.74, 6) is -0.865. The summed E-state index contributed by atoms with van der Waals surface area (Å²) in [6.07, 6.45) is 78.8. The van der Waals surface area contributed by atoms with Gasteiger partial charge in [0.1, 0.15) is 13.2 Å². The summed E-state index contributed by atoms with van der Waals surface area (Å²) >= 11 is 0.